The summed E-state index contributed by atoms with van der Waals surface area (Å²) in [6.45, 7) is 1.28. The van der Waals surface area contributed by atoms with Crippen LogP contribution >= 0.6 is 11.8 Å². The van der Waals surface area contributed by atoms with Crippen molar-refractivity contribution in [2.24, 2.45) is 0 Å². The standard InChI is InChI=1S/C6H9NO3S/c8-5(9)4-1-11-6(7-4)2-10-3-6/h4,7H,1-3H2,(H,8,9). The SMILES string of the molecule is O=C(O)C1CSC2(COC2)N1. The van der Waals surface area contributed by atoms with E-state index in [1.807, 2.05) is 0 Å². The fourth-order valence-corrected chi connectivity index (χ4v) is 2.50. The molecule has 4 nitrogen and oxygen atoms in total. The van der Waals surface area contributed by atoms with Gasteiger partial charge in [-0.1, -0.05) is 0 Å². The third kappa shape index (κ3) is 1.13. The van der Waals surface area contributed by atoms with Crippen molar-refractivity contribution >= 4 is 17.7 Å². The van der Waals surface area contributed by atoms with E-state index >= 15 is 0 Å². The molecule has 2 fully saturated rings. The lowest BCUT2D eigenvalue weighted by atomic mass is 10.2. The molecule has 62 valence electrons. The maximum Gasteiger partial charge on any atom is 0.321 e. The molecule has 2 aliphatic heterocycles. The van der Waals surface area contributed by atoms with Crippen LogP contribution in [0.1, 0.15) is 0 Å². The van der Waals surface area contributed by atoms with Crippen LogP contribution in [0.4, 0.5) is 0 Å². The first-order chi connectivity index (χ1) is 5.22. The van der Waals surface area contributed by atoms with E-state index in [0.29, 0.717) is 19.0 Å². The van der Waals surface area contributed by atoms with Crippen molar-refractivity contribution in [2.45, 2.75) is 10.9 Å². The van der Waals surface area contributed by atoms with Crippen LogP contribution in [0.25, 0.3) is 0 Å². The molecule has 0 aromatic rings. The van der Waals surface area contributed by atoms with Crippen molar-refractivity contribution < 1.29 is 14.6 Å². The Kier molecular flexibility index (Phi) is 1.59. The highest BCUT2D eigenvalue weighted by molar-refractivity contribution is 8.01. The Labute approximate surface area is 68.3 Å². The van der Waals surface area contributed by atoms with Crippen LogP contribution in [0, 0.1) is 0 Å². The van der Waals surface area contributed by atoms with Crippen LogP contribution < -0.4 is 5.32 Å². The fourth-order valence-electron chi connectivity index (χ4n) is 1.23. The molecule has 0 aromatic carbocycles. The number of hydrogen-bond acceptors (Lipinski definition) is 4. The third-order valence-corrected chi connectivity index (χ3v) is 3.34. The molecule has 0 amide bonds. The predicted molar refractivity (Wildman–Crippen MR) is 40.6 cm³/mol. The van der Waals surface area contributed by atoms with Gasteiger partial charge in [-0.15, -0.1) is 11.8 Å². The van der Waals surface area contributed by atoms with Gasteiger partial charge in [-0.3, -0.25) is 10.1 Å². The molecular weight excluding hydrogens is 166 g/mol. The minimum atomic E-state index is -0.763. The van der Waals surface area contributed by atoms with E-state index in [9.17, 15) is 4.79 Å². The monoisotopic (exact) mass is 175 g/mol. The lowest BCUT2D eigenvalue weighted by molar-refractivity contribution is -0.139. The highest BCUT2D eigenvalue weighted by Gasteiger charge is 2.47. The van der Waals surface area contributed by atoms with Crippen molar-refractivity contribution in [1.82, 2.24) is 5.32 Å². The van der Waals surface area contributed by atoms with E-state index < -0.39 is 5.97 Å². The molecule has 1 spiro atoms. The molecule has 1 atom stereocenters. The highest BCUT2D eigenvalue weighted by atomic mass is 32.2. The molecule has 2 aliphatic rings. The van der Waals surface area contributed by atoms with Crippen molar-refractivity contribution in [3.05, 3.63) is 0 Å². The summed E-state index contributed by atoms with van der Waals surface area (Å²) < 4.78 is 5.01. The number of ether oxygens (including phenoxy) is 1. The number of rotatable bonds is 1. The first-order valence-corrected chi connectivity index (χ1v) is 4.43. The number of nitrogens with one attached hydrogen (secondary N) is 1. The van der Waals surface area contributed by atoms with Crippen LogP contribution in [0.3, 0.4) is 0 Å². The van der Waals surface area contributed by atoms with E-state index in [4.69, 9.17) is 9.84 Å². The smallest absolute Gasteiger partial charge is 0.321 e. The molecule has 2 rings (SSSR count). The molecule has 11 heavy (non-hydrogen) atoms. The van der Waals surface area contributed by atoms with E-state index in [1.54, 1.807) is 11.8 Å². The zero-order valence-electron chi connectivity index (χ0n) is 5.87. The topological polar surface area (TPSA) is 58.6 Å². The van der Waals surface area contributed by atoms with Crippen molar-refractivity contribution in [1.29, 1.82) is 0 Å². The Balaban J connectivity index is 1.98. The van der Waals surface area contributed by atoms with E-state index in [1.165, 1.54) is 0 Å². The normalized spacial score (nSPS) is 33.6. The number of carboxylic acid groups (broad SMARTS) is 1. The zero-order chi connectivity index (χ0) is 7.90. The summed E-state index contributed by atoms with van der Waals surface area (Å²) in [6.07, 6.45) is 0. The first kappa shape index (κ1) is 7.39. The van der Waals surface area contributed by atoms with Gasteiger partial charge in [0.15, 0.2) is 0 Å². The van der Waals surface area contributed by atoms with Crippen molar-refractivity contribution in [2.75, 3.05) is 19.0 Å². The molecule has 2 saturated heterocycles. The Bertz CT molecular complexity index is 192. The second kappa shape index (κ2) is 2.36. The van der Waals surface area contributed by atoms with Gasteiger partial charge in [-0.2, -0.15) is 0 Å². The zero-order valence-corrected chi connectivity index (χ0v) is 6.69. The number of carbonyl (C=O) groups is 1. The maximum absolute atomic E-state index is 10.5. The summed E-state index contributed by atoms with van der Waals surface area (Å²) in [6, 6.07) is -0.385. The Morgan fingerprint density at radius 2 is 2.45 bits per heavy atom. The Morgan fingerprint density at radius 3 is 2.73 bits per heavy atom. The molecule has 0 aliphatic carbocycles. The molecule has 0 radical (unpaired) electrons. The van der Waals surface area contributed by atoms with E-state index in [-0.39, 0.29) is 10.9 Å². The minimum absolute atomic E-state index is 0.0664. The second-order valence-electron chi connectivity index (χ2n) is 2.83. The van der Waals surface area contributed by atoms with Crippen LogP contribution in [-0.2, 0) is 9.53 Å². The molecule has 2 heterocycles. The van der Waals surface area contributed by atoms with Crippen molar-refractivity contribution in [3.8, 4) is 0 Å². The lowest BCUT2D eigenvalue weighted by Gasteiger charge is -2.37. The van der Waals surface area contributed by atoms with Crippen LogP contribution in [0.2, 0.25) is 0 Å². The lowest BCUT2D eigenvalue weighted by Crippen LogP contribution is -2.57. The van der Waals surface area contributed by atoms with Gasteiger partial charge in [-0.25, -0.2) is 0 Å². The summed E-state index contributed by atoms with van der Waals surface area (Å²) in [5.41, 5.74) is 0. The van der Waals surface area contributed by atoms with Gasteiger partial charge in [0.2, 0.25) is 0 Å². The van der Waals surface area contributed by atoms with E-state index in [0.717, 1.165) is 0 Å². The van der Waals surface area contributed by atoms with Gasteiger partial charge in [0.25, 0.3) is 0 Å². The van der Waals surface area contributed by atoms with Crippen molar-refractivity contribution in [3.63, 3.8) is 0 Å². The third-order valence-electron chi connectivity index (χ3n) is 1.93. The number of thioether (sulfide) groups is 1. The number of hydrogen-bond donors (Lipinski definition) is 2. The average Bonchev–Trinajstić information content (AvgIpc) is 2.28. The molecule has 0 bridgehead atoms. The quantitative estimate of drug-likeness (QED) is 0.563. The largest absolute Gasteiger partial charge is 0.480 e. The number of carboxylic acids is 1. The van der Waals surface area contributed by atoms with Gasteiger partial charge in [-0.05, 0) is 0 Å². The summed E-state index contributed by atoms with van der Waals surface area (Å²) in [5, 5.41) is 11.7. The first-order valence-electron chi connectivity index (χ1n) is 3.44. The van der Waals surface area contributed by atoms with Gasteiger partial charge in [0, 0.05) is 5.75 Å². The maximum atomic E-state index is 10.5. The average molecular weight is 175 g/mol. The summed E-state index contributed by atoms with van der Waals surface area (Å²) in [7, 11) is 0. The van der Waals surface area contributed by atoms with Crippen LogP contribution in [0.5, 0.6) is 0 Å². The summed E-state index contributed by atoms with van der Waals surface area (Å²) in [4.78, 5) is 10.4. The summed E-state index contributed by atoms with van der Waals surface area (Å²) >= 11 is 1.65. The highest BCUT2D eigenvalue weighted by Crippen LogP contribution is 2.36. The summed E-state index contributed by atoms with van der Waals surface area (Å²) in [5.74, 6) is -0.111. The Morgan fingerprint density at radius 1 is 1.73 bits per heavy atom. The molecular formula is C6H9NO3S. The molecule has 0 aromatic heterocycles. The molecule has 1 unspecified atom stereocenters. The van der Waals surface area contributed by atoms with Gasteiger partial charge >= 0.3 is 5.97 Å². The van der Waals surface area contributed by atoms with Gasteiger partial charge < -0.3 is 9.84 Å². The second-order valence-corrected chi connectivity index (χ2v) is 4.24. The molecule has 5 heteroatoms. The molecule has 0 saturated carbocycles. The van der Waals surface area contributed by atoms with Crippen LogP contribution in [0.15, 0.2) is 0 Å². The minimum Gasteiger partial charge on any atom is -0.480 e. The van der Waals surface area contributed by atoms with Gasteiger partial charge in [0.05, 0.1) is 13.2 Å². The predicted octanol–water partition coefficient (Wildman–Crippen LogP) is -0.497. The fraction of sp³-hybridized carbons (Fsp3) is 0.833. The van der Waals surface area contributed by atoms with E-state index in [2.05, 4.69) is 5.32 Å². The van der Waals surface area contributed by atoms with Gasteiger partial charge in [0.1, 0.15) is 10.9 Å². The van der Waals surface area contributed by atoms with Crippen LogP contribution in [-0.4, -0.2) is 41.0 Å². The number of aliphatic carboxylic acids is 1. The Hall–Kier alpha value is -0.260. The molecule has 2 N–H and O–H groups in total.